The molecule has 0 saturated heterocycles. The molecule has 2 aromatic rings. The molecule has 0 aliphatic carbocycles. The number of thioether (sulfide) groups is 1. The maximum atomic E-state index is 12.8. The van der Waals surface area contributed by atoms with Gasteiger partial charge in [0.05, 0.1) is 5.69 Å². The third-order valence-corrected chi connectivity index (χ3v) is 4.57. The summed E-state index contributed by atoms with van der Waals surface area (Å²) >= 11 is 7.63. The van der Waals surface area contributed by atoms with Crippen molar-refractivity contribution >= 4 is 46.2 Å². The van der Waals surface area contributed by atoms with Crippen LogP contribution in [0.2, 0.25) is 5.02 Å². The molecule has 23 heavy (non-hydrogen) atoms. The number of rotatable bonds is 2. The largest absolute Gasteiger partial charge is 0.283 e. The second-order valence-corrected chi connectivity index (χ2v) is 6.29. The molecule has 0 atom stereocenters. The molecule has 1 heterocycles. The summed E-state index contributed by atoms with van der Waals surface area (Å²) in [6.07, 6.45) is 3.70. The van der Waals surface area contributed by atoms with E-state index < -0.39 is 0 Å². The Morgan fingerprint density at radius 1 is 1.17 bits per heavy atom. The number of hydrogen-bond donors (Lipinski definition) is 0. The van der Waals surface area contributed by atoms with Gasteiger partial charge in [-0.3, -0.25) is 9.69 Å². The monoisotopic (exact) mass is 342 g/mol. The zero-order chi connectivity index (χ0) is 16.4. The SMILES string of the molecule is CSC1=NC(=Cc2ccccc2)C(=O)N1c1ccc(C)c(Cl)c1. The molecule has 1 aliphatic rings. The number of aliphatic imine (C=N–C) groups is 1. The van der Waals surface area contributed by atoms with Crippen molar-refractivity contribution in [2.24, 2.45) is 4.99 Å². The number of amidine groups is 1. The molecule has 2 aromatic carbocycles. The predicted molar refractivity (Wildman–Crippen MR) is 99.0 cm³/mol. The van der Waals surface area contributed by atoms with Crippen LogP contribution in [0.25, 0.3) is 6.08 Å². The first-order valence-electron chi connectivity index (χ1n) is 7.10. The van der Waals surface area contributed by atoms with E-state index in [1.165, 1.54) is 11.8 Å². The van der Waals surface area contributed by atoms with Crippen molar-refractivity contribution in [3.8, 4) is 0 Å². The van der Waals surface area contributed by atoms with Crippen molar-refractivity contribution in [2.45, 2.75) is 6.92 Å². The molecule has 3 nitrogen and oxygen atoms in total. The minimum absolute atomic E-state index is 0.141. The lowest BCUT2D eigenvalue weighted by Gasteiger charge is -2.17. The molecule has 0 N–H and O–H groups in total. The molecule has 3 rings (SSSR count). The quantitative estimate of drug-likeness (QED) is 0.737. The van der Waals surface area contributed by atoms with Gasteiger partial charge >= 0.3 is 0 Å². The Balaban J connectivity index is 2.00. The maximum Gasteiger partial charge on any atom is 0.283 e. The topological polar surface area (TPSA) is 32.7 Å². The molecule has 0 bridgehead atoms. The number of halogens is 1. The number of nitrogens with zero attached hydrogens (tertiary/aromatic N) is 2. The van der Waals surface area contributed by atoms with Gasteiger partial charge in [-0.2, -0.15) is 0 Å². The molecule has 1 amide bonds. The summed E-state index contributed by atoms with van der Waals surface area (Å²) < 4.78 is 0. The third kappa shape index (κ3) is 3.19. The van der Waals surface area contributed by atoms with Gasteiger partial charge in [-0.15, -0.1) is 0 Å². The summed E-state index contributed by atoms with van der Waals surface area (Å²) in [6.45, 7) is 1.93. The van der Waals surface area contributed by atoms with E-state index in [9.17, 15) is 4.79 Å². The number of hydrogen-bond acceptors (Lipinski definition) is 3. The zero-order valence-electron chi connectivity index (χ0n) is 12.8. The van der Waals surface area contributed by atoms with Crippen molar-refractivity contribution < 1.29 is 4.79 Å². The van der Waals surface area contributed by atoms with Crippen molar-refractivity contribution in [3.05, 3.63) is 70.4 Å². The summed E-state index contributed by atoms with van der Waals surface area (Å²) in [6, 6.07) is 15.3. The Hall–Kier alpha value is -2.04. The van der Waals surface area contributed by atoms with Crippen molar-refractivity contribution in [3.63, 3.8) is 0 Å². The molecule has 0 spiro atoms. The summed E-state index contributed by atoms with van der Waals surface area (Å²) in [5.74, 6) is -0.141. The number of carbonyl (C=O) groups excluding carboxylic acids is 1. The van der Waals surface area contributed by atoms with Crippen LogP contribution in [0.15, 0.2) is 59.2 Å². The number of carbonyl (C=O) groups is 1. The molecule has 0 unspecified atom stereocenters. The van der Waals surface area contributed by atoms with Crippen molar-refractivity contribution in [2.75, 3.05) is 11.2 Å². The van der Waals surface area contributed by atoms with E-state index in [0.29, 0.717) is 15.9 Å². The fraction of sp³-hybridized carbons (Fsp3) is 0.111. The van der Waals surface area contributed by atoms with Gasteiger partial charge in [0, 0.05) is 5.02 Å². The van der Waals surface area contributed by atoms with Crippen molar-refractivity contribution in [1.29, 1.82) is 0 Å². The van der Waals surface area contributed by atoms with Crippen LogP contribution in [0.3, 0.4) is 0 Å². The highest BCUT2D eigenvalue weighted by atomic mass is 35.5. The first-order chi connectivity index (χ1) is 11.1. The van der Waals surface area contributed by atoms with Crippen LogP contribution in [0.1, 0.15) is 11.1 Å². The normalized spacial score (nSPS) is 16.1. The maximum absolute atomic E-state index is 12.8. The third-order valence-electron chi connectivity index (χ3n) is 3.53. The molecular weight excluding hydrogens is 328 g/mol. The number of amides is 1. The van der Waals surface area contributed by atoms with Gasteiger partial charge in [0.25, 0.3) is 5.91 Å². The summed E-state index contributed by atoms with van der Waals surface area (Å²) in [4.78, 5) is 18.8. The highest BCUT2D eigenvalue weighted by Gasteiger charge is 2.31. The first-order valence-corrected chi connectivity index (χ1v) is 8.70. The Bertz CT molecular complexity index is 815. The highest BCUT2D eigenvalue weighted by Crippen LogP contribution is 2.31. The highest BCUT2D eigenvalue weighted by molar-refractivity contribution is 8.13. The van der Waals surface area contributed by atoms with Crippen LogP contribution in [-0.4, -0.2) is 17.3 Å². The van der Waals surface area contributed by atoms with Crippen LogP contribution < -0.4 is 4.90 Å². The van der Waals surface area contributed by atoms with E-state index >= 15 is 0 Å². The van der Waals surface area contributed by atoms with E-state index in [-0.39, 0.29) is 5.91 Å². The zero-order valence-corrected chi connectivity index (χ0v) is 14.4. The van der Waals surface area contributed by atoms with E-state index in [1.54, 1.807) is 17.0 Å². The molecule has 0 radical (unpaired) electrons. The van der Waals surface area contributed by atoms with Crippen molar-refractivity contribution in [1.82, 2.24) is 0 Å². The second kappa shape index (κ2) is 6.60. The van der Waals surface area contributed by atoms with Crippen LogP contribution >= 0.6 is 23.4 Å². The minimum Gasteiger partial charge on any atom is -0.266 e. The molecule has 0 saturated carbocycles. The lowest BCUT2D eigenvalue weighted by molar-refractivity contribution is -0.113. The van der Waals surface area contributed by atoms with Crippen LogP contribution in [0.5, 0.6) is 0 Å². The average molecular weight is 343 g/mol. The number of benzene rings is 2. The molecule has 5 heteroatoms. The molecule has 1 aliphatic heterocycles. The number of aryl methyl sites for hydroxylation is 1. The molecule has 0 fully saturated rings. The van der Waals surface area contributed by atoms with Gasteiger partial charge in [0.15, 0.2) is 5.17 Å². The predicted octanol–water partition coefficient (Wildman–Crippen LogP) is 4.76. The van der Waals surface area contributed by atoms with Gasteiger partial charge in [-0.1, -0.05) is 59.8 Å². The molecule has 0 aromatic heterocycles. The van der Waals surface area contributed by atoms with E-state index in [2.05, 4.69) is 4.99 Å². The lowest BCUT2D eigenvalue weighted by Crippen LogP contribution is -2.30. The number of anilines is 1. The van der Waals surface area contributed by atoms with E-state index in [4.69, 9.17) is 11.6 Å². The van der Waals surface area contributed by atoms with E-state index in [0.717, 1.165) is 16.8 Å². The van der Waals surface area contributed by atoms with Gasteiger partial charge in [-0.05, 0) is 42.5 Å². The fourth-order valence-corrected chi connectivity index (χ4v) is 3.02. The minimum atomic E-state index is -0.141. The van der Waals surface area contributed by atoms with Crippen LogP contribution in [-0.2, 0) is 4.79 Å². The summed E-state index contributed by atoms with van der Waals surface area (Å²) in [5.41, 5.74) is 3.08. The average Bonchev–Trinajstić information content (AvgIpc) is 2.87. The standard InChI is InChI=1S/C18H15ClN2OS/c1-12-8-9-14(11-15(12)19)21-17(22)16(20-18(21)23-2)10-13-6-4-3-5-7-13/h3-11H,1-2H3. The summed E-state index contributed by atoms with van der Waals surface area (Å²) in [5, 5.41) is 1.29. The lowest BCUT2D eigenvalue weighted by atomic mass is 10.2. The summed E-state index contributed by atoms with van der Waals surface area (Å²) in [7, 11) is 0. The molecule has 116 valence electrons. The fourth-order valence-electron chi connectivity index (χ4n) is 2.29. The second-order valence-electron chi connectivity index (χ2n) is 5.11. The molecular formula is C18H15ClN2OS. The Morgan fingerprint density at radius 2 is 1.91 bits per heavy atom. The van der Waals surface area contributed by atoms with Crippen LogP contribution in [0, 0.1) is 6.92 Å². The first kappa shape index (κ1) is 15.8. The van der Waals surface area contributed by atoms with Gasteiger partial charge < -0.3 is 0 Å². The Labute approximate surface area is 144 Å². The Kier molecular flexibility index (Phi) is 4.55. The smallest absolute Gasteiger partial charge is 0.266 e. The van der Waals surface area contributed by atoms with Gasteiger partial charge in [-0.25, -0.2) is 4.99 Å². The van der Waals surface area contributed by atoms with Gasteiger partial charge in [0.2, 0.25) is 0 Å². The van der Waals surface area contributed by atoms with Crippen LogP contribution in [0.4, 0.5) is 5.69 Å². The Morgan fingerprint density at radius 3 is 2.57 bits per heavy atom. The van der Waals surface area contributed by atoms with Gasteiger partial charge in [0.1, 0.15) is 5.70 Å². The van der Waals surface area contributed by atoms with E-state index in [1.807, 2.05) is 55.6 Å².